The van der Waals surface area contributed by atoms with E-state index in [0.717, 1.165) is 31.4 Å². The third-order valence-corrected chi connectivity index (χ3v) is 5.44. The Morgan fingerprint density at radius 1 is 1.40 bits per heavy atom. The fraction of sp³-hybridized carbons (Fsp3) is 0.500. The molecule has 1 aliphatic carbocycles. The molecule has 0 heterocycles. The largest absolute Gasteiger partial charge is 0.271 e. The number of hydrogen-bond acceptors (Lipinski definition) is 4. The van der Waals surface area contributed by atoms with Gasteiger partial charge in [0.25, 0.3) is 5.69 Å². The molecule has 0 aliphatic heterocycles. The van der Waals surface area contributed by atoms with Crippen LogP contribution in [0.25, 0.3) is 0 Å². The van der Waals surface area contributed by atoms with E-state index in [-0.39, 0.29) is 21.6 Å². The van der Waals surface area contributed by atoms with Gasteiger partial charge in [-0.3, -0.25) is 10.1 Å². The molecular weight excluding hydrogens is 304 g/mol. The number of nitrogens with zero attached hydrogens (tertiary/aromatic N) is 1. The number of hydrogen-bond donors (Lipinski definition) is 1. The zero-order valence-electron chi connectivity index (χ0n) is 10.9. The van der Waals surface area contributed by atoms with E-state index in [4.69, 9.17) is 11.6 Å². The first kappa shape index (κ1) is 15.2. The van der Waals surface area contributed by atoms with Crippen molar-refractivity contribution in [1.29, 1.82) is 0 Å². The van der Waals surface area contributed by atoms with Gasteiger partial charge in [-0.05, 0) is 31.2 Å². The van der Waals surface area contributed by atoms with Gasteiger partial charge < -0.3 is 0 Å². The Labute approximate surface area is 122 Å². The second kappa shape index (κ2) is 5.67. The normalized spacial score (nSPS) is 22.9. The van der Waals surface area contributed by atoms with Crippen molar-refractivity contribution in [2.24, 2.45) is 5.92 Å². The number of nitrogens with one attached hydrogen (secondary N) is 1. The summed E-state index contributed by atoms with van der Waals surface area (Å²) in [5.41, 5.74) is -0.233. The van der Waals surface area contributed by atoms with Gasteiger partial charge >= 0.3 is 0 Å². The molecule has 0 spiro atoms. The lowest BCUT2D eigenvalue weighted by Crippen LogP contribution is -2.33. The van der Waals surface area contributed by atoms with E-state index in [1.54, 1.807) is 0 Å². The van der Waals surface area contributed by atoms with Crippen LogP contribution < -0.4 is 4.72 Å². The smallest absolute Gasteiger partial charge is 0.258 e. The molecule has 1 aromatic rings. The maximum Gasteiger partial charge on any atom is 0.271 e. The van der Waals surface area contributed by atoms with Gasteiger partial charge in [-0.1, -0.05) is 18.5 Å². The van der Waals surface area contributed by atoms with Crippen molar-refractivity contribution >= 4 is 27.3 Å². The second-order valence-corrected chi connectivity index (χ2v) is 7.20. The Kier molecular flexibility index (Phi) is 4.31. The fourth-order valence-corrected chi connectivity index (χ4v) is 4.24. The molecule has 1 aromatic carbocycles. The maximum atomic E-state index is 12.2. The van der Waals surface area contributed by atoms with Crippen LogP contribution in [-0.2, 0) is 10.0 Å². The van der Waals surface area contributed by atoms with Crippen LogP contribution in [-0.4, -0.2) is 19.4 Å². The zero-order valence-corrected chi connectivity index (χ0v) is 12.4. The van der Waals surface area contributed by atoms with E-state index in [0.29, 0.717) is 5.92 Å². The molecule has 6 nitrogen and oxygen atoms in total. The number of rotatable bonds is 4. The molecule has 1 fully saturated rings. The average molecular weight is 319 g/mol. The van der Waals surface area contributed by atoms with Gasteiger partial charge in [-0.25, -0.2) is 13.1 Å². The van der Waals surface area contributed by atoms with E-state index in [9.17, 15) is 18.5 Å². The minimum Gasteiger partial charge on any atom is -0.258 e. The van der Waals surface area contributed by atoms with Gasteiger partial charge in [0, 0.05) is 18.2 Å². The van der Waals surface area contributed by atoms with Crippen LogP contribution in [0.1, 0.15) is 26.2 Å². The summed E-state index contributed by atoms with van der Waals surface area (Å²) in [4.78, 5) is 9.87. The van der Waals surface area contributed by atoms with E-state index in [1.807, 2.05) is 0 Å². The lowest BCUT2D eigenvalue weighted by molar-refractivity contribution is -0.384. The first-order valence-electron chi connectivity index (χ1n) is 6.26. The highest BCUT2D eigenvalue weighted by molar-refractivity contribution is 7.89. The number of non-ortho nitro benzene ring substituents is 1. The Morgan fingerprint density at radius 2 is 2.10 bits per heavy atom. The fourth-order valence-electron chi connectivity index (χ4n) is 2.42. The predicted molar refractivity (Wildman–Crippen MR) is 75.2 cm³/mol. The van der Waals surface area contributed by atoms with E-state index >= 15 is 0 Å². The van der Waals surface area contributed by atoms with Crippen LogP contribution in [0.15, 0.2) is 23.1 Å². The molecule has 0 radical (unpaired) electrons. The molecule has 0 saturated heterocycles. The maximum absolute atomic E-state index is 12.2. The molecule has 1 aliphatic rings. The van der Waals surface area contributed by atoms with Gasteiger partial charge in [-0.15, -0.1) is 0 Å². The molecule has 1 N–H and O–H groups in total. The van der Waals surface area contributed by atoms with Gasteiger partial charge in [0.1, 0.15) is 4.90 Å². The summed E-state index contributed by atoms with van der Waals surface area (Å²) >= 11 is 5.85. The summed E-state index contributed by atoms with van der Waals surface area (Å²) in [6.07, 6.45) is 2.58. The van der Waals surface area contributed by atoms with Crippen molar-refractivity contribution in [2.45, 2.75) is 37.1 Å². The Morgan fingerprint density at radius 3 is 2.60 bits per heavy atom. The van der Waals surface area contributed by atoms with Gasteiger partial charge in [0.15, 0.2) is 0 Å². The minimum absolute atomic E-state index is 0.0961. The van der Waals surface area contributed by atoms with Crippen LogP contribution in [0.4, 0.5) is 5.69 Å². The lowest BCUT2D eigenvalue weighted by atomic mass is 10.1. The Balaban J connectivity index is 2.23. The summed E-state index contributed by atoms with van der Waals surface area (Å²) in [5.74, 6) is 0.495. The van der Waals surface area contributed by atoms with Crippen LogP contribution in [0.3, 0.4) is 0 Å². The Bertz CT molecular complexity index is 632. The molecule has 110 valence electrons. The quantitative estimate of drug-likeness (QED) is 0.682. The summed E-state index contributed by atoms with van der Waals surface area (Å²) < 4.78 is 27.1. The Hall–Kier alpha value is -1.18. The van der Waals surface area contributed by atoms with E-state index in [2.05, 4.69) is 11.6 Å². The van der Waals surface area contributed by atoms with Crippen LogP contribution >= 0.6 is 11.6 Å². The predicted octanol–water partition coefficient (Wildman–Crippen LogP) is 2.72. The SMILES string of the molecule is CC1CCC(NS(=O)(=O)c2ccc([N+](=O)[O-])cc2Cl)C1. The molecule has 0 aromatic heterocycles. The van der Waals surface area contributed by atoms with Crippen molar-refractivity contribution in [1.82, 2.24) is 4.72 Å². The van der Waals surface area contributed by atoms with E-state index < -0.39 is 14.9 Å². The van der Waals surface area contributed by atoms with E-state index in [1.165, 1.54) is 6.07 Å². The standard InChI is InChI=1S/C12H15ClN2O4S/c1-8-2-3-9(6-8)14-20(18,19)12-5-4-10(15(16)17)7-11(12)13/h4-5,7-9,14H,2-3,6H2,1H3. The van der Waals surface area contributed by atoms with Crippen LogP contribution in [0, 0.1) is 16.0 Å². The van der Waals surface area contributed by atoms with Crippen molar-refractivity contribution in [3.63, 3.8) is 0 Å². The molecular formula is C12H15ClN2O4S. The van der Waals surface area contributed by atoms with Crippen molar-refractivity contribution in [3.05, 3.63) is 33.3 Å². The highest BCUT2D eigenvalue weighted by Crippen LogP contribution is 2.29. The number of benzene rings is 1. The van der Waals surface area contributed by atoms with Crippen LogP contribution in [0.2, 0.25) is 5.02 Å². The number of sulfonamides is 1. The molecule has 0 amide bonds. The number of halogens is 1. The zero-order chi connectivity index (χ0) is 14.9. The molecule has 2 atom stereocenters. The van der Waals surface area contributed by atoms with Crippen LogP contribution in [0.5, 0.6) is 0 Å². The summed E-state index contributed by atoms with van der Waals surface area (Å²) in [6, 6.07) is 3.26. The molecule has 0 bridgehead atoms. The molecule has 8 heteroatoms. The van der Waals surface area contributed by atoms with Crippen molar-refractivity contribution < 1.29 is 13.3 Å². The van der Waals surface area contributed by atoms with Crippen molar-refractivity contribution in [2.75, 3.05) is 0 Å². The lowest BCUT2D eigenvalue weighted by Gasteiger charge is -2.13. The van der Waals surface area contributed by atoms with Gasteiger partial charge in [0.2, 0.25) is 10.0 Å². The minimum atomic E-state index is -3.74. The first-order valence-corrected chi connectivity index (χ1v) is 8.12. The average Bonchev–Trinajstić information content (AvgIpc) is 2.73. The second-order valence-electron chi connectivity index (χ2n) is 5.11. The summed E-state index contributed by atoms with van der Waals surface area (Å²) in [6.45, 7) is 2.08. The first-order chi connectivity index (χ1) is 9.29. The highest BCUT2D eigenvalue weighted by Gasteiger charge is 2.28. The molecule has 2 unspecified atom stereocenters. The summed E-state index contributed by atoms with van der Waals surface area (Å²) in [5, 5.41) is 10.5. The molecule has 2 rings (SSSR count). The van der Waals surface area contributed by atoms with Gasteiger partial charge in [0.05, 0.1) is 9.95 Å². The monoisotopic (exact) mass is 318 g/mol. The topological polar surface area (TPSA) is 89.3 Å². The molecule has 20 heavy (non-hydrogen) atoms. The molecule has 1 saturated carbocycles. The highest BCUT2D eigenvalue weighted by atomic mass is 35.5. The van der Waals surface area contributed by atoms with Crippen molar-refractivity contribution in [3.8, 4) is 0 Å². The summed E-state index contributed by atoms with van der Waals surface area (Å²) in [7, 11) is -3.74. The third-order valence-electron chi connectivity index (χ3n) is 3.43. The number of nitro benzene ring substituents is 1. The third kappa shape index (κ3) is 3.28. The van der Waals surface area contributed by atoms with Gasteiger partial charge in [-0.2, -0.15) is 0 Å². The number of nitro groups is 1.